The van der Waals surface area contributed by atoms with E-state index in [-0.39, 0.29) is 6.10 Å². The highest BCUT2D eigenvalue weighted by Crippen LogP contribution is 2.27. The summed E-state index contributed by atoms with van der Waals surface area (Å²) in [4.78, 5) is 0. The molecular formula is C25H32ClN3O2S. The van der Waals surface area contributed by atoms with Crippen molar-refractivity contribution < 1.29 is 9.47 Å². The maximum atomic E-state index is 6.20. The molecule has 1 unspecified atom stereocenters. The zero-order valence-corrected chi connectivity index (χ0v) is 21.0. The van der Waals surface area contributed by atoms with Crippen LogP contribution in [-0.4, -0.2) is 27.1 Å². The largest absolute Gasteiger partial charge is 0.493 e. The standard InChI is InChI=1S/C25H32ClN3O2S/c1-17(2)16-29-24(19(5)31-23-10-6-20(7-11-23)18(3)4)27-28-25(29)32-15-14-30-22-12-8-21(26)9-13-22/h6-13,17-19H,14-16H2,1-5H3. The molecule has 0 saturated heterocycles. The van der Waals surface area contributed by atoms with E-state index in [0.29, 0.717) is 23.5 Å². The fraction of sp³-hybridized carbons (Fsp3) is 0.440. The second kappa shape index (κ2) is 11.6. The molecular weight excluding hydrogens is 442 g/mol. The van der Waals surface area contributed by atoms with Crippen molar-refractivity contribution in [2.24, 2.45) is 5.92 Å². The predicted molar refractivity (Wildman–Crippen MR) is 132 cm³/mol. The quantitative estimate of drug-likeness (QED) is 0.221. The first-order valence-electron chi connectivity index (χ1n) is 11.0. The highest BCUT2D eigenvalue weighted by molar-refractivity contribution is 7.99. The zero-order chi connectivity index (χ0) is 23.1. The van der Waals surface area contributed by atoms with Crippen molar-refractivity contribution in [2.75, 3.05) is 12.4 Å². The molecule has 0 amide bonds. The maximum Gasteiger partial charge on any atom is 0.191 e. The van der Waals surface area contributed by atoms with Gasteiger partial charge in [-0.3, -0.25) is 0 Å². The minimum Gasteiger partial charge on any atom is -0.493 e. The van der Waals surface area contributed by atoms with Crippen LogP contribution in [0, 0.1) is 5.92 Å². The number of hydrogen-bond acceptors (Lipinski definition) is 5. The van der Waals surface area contributed by atoms with Crippen LogP contribution >= 0.6 is 23.4 Å². The average Bonchev–Trinajstić information content (AvgIpc) is 3.14. The fourth-order valence-electron chi connectivity index (χ4n) is 3.26. The van der Waals surface area contributed by atoms with Gasteiger partial charge in [-0.05, 0) is 60.7 Å². The van der Waals surface area contributed by atoms with Gasteiger partial charge in [0, 0.05) is 17.3 Å². The first-order chi connectivity index (χ1) is 15.3. The molecule has 0 N–H and O–H groups in total. The molecule has 5 nitrogen and oxygen atoms in total. The van der Waals surface area contributed by atoms with E-state index in [1.54, 1.807) is 11.8 Å². The third kappa shape index (κ3) is 6.91. The highest BCUT2D eigenvalue weighted by atomic mass is 35.5. The van der Waals surface area contributed by atoms with Crippen LogP contribution in [-0.2, 0) is 6.54 Å². The van der Waals surface area contributed by atoms with Gasteiger partial charge in [0.2, 0.25) is 0 Å². The summed E-state index contributed by atoms with van der Waals surface area (Å²) in [6.07, 6.45) is -0.203. The number of nitrogens with zero attached hydrogens (tertiary/aromatic N) is 3. The molecule has 7 heteroatoms. The molecule has 0 aliphatic carbocycles. The Morgan fingerprint density at radius 2 is 1.56 bits per heavy atom. The van der Waals surface area contributed by atoms with Gasteiger partial charge in [-0.25, -0.2) is 0 Å². The van der Waals surface area contributed by atoms with Crippen molar-refractivity contribution in [2.45, 2.75) is 58.3 Å². The van der Waals surface area contributed by atoms with Crippen LogP contribution in [0.3, 0.4) is 0 Å². The lowest BCUT2D eigenvalue weighted by atomic mass is 10.0. The molecule has 0 aliphatic rings. The van der Waals surface area contributed by atoms with Gasteiger partial charge in [0.15, 0.2) is 17.1 Å². The zero-order valence-electron chi connectivity index (χ0n) is 19.4. The van der Waals surface area contributed by atoms with E-state index in [1.165, 1.54) is 5.56 Å². The molecule has 0 saturated carbocycles. The SMILES string of the molecule is CC(C)Cn1c(SCCOc2ccc(Cl)cc2)nnc1C(C)Oc1ccc(C(C)C)cc1. The van der Waals surface area contributed by atoms with E-state index in [9.17, 15) is 0 Å². The molecule has 1 heterocycles. The predicted octanol–water partition coefficient (Wildman–Crippen LogP) is 7.02. The third-order valence-electron chi connectivity index (χ3n) is 4.91. The van der Waals surface area contributed by atoms with Gasteiger partial charge < -0.3 is 14.0 Å². The summed E-state index contributed by atoms with van der Waals surface area (Å²) in [7, 11) is 0. The molecule has 3 aromatic rings. The molecule has 0 aliphatic heterocycles. The number of halogens is 1. The van der Waals surface area contributed by atoms with E-state index >= 15 is 0 Å². The Morgan fingerprint density at radius 3 is 2.19 bits per heavy atom. The van der Waals surface area contributed by atoms with E-state index < -0.39 is 0 Å². The van der Waals surface area contributed by atoms with Crippen molar-refractivity contribution in [3.63, 3.8) is 0 Å². The van der Waals surface area contributed by atoms with E-state index in [1.807, 2.05) is 43.3 Å². The molecule has 32 heavy (non-hydrogen) atoms. The van der Waals surface area contributed by atoms with Gasteiger partial charge in [0.1, 0.15) is 11.5 Å². The van der Waals surface area contributed by atoms with Gasteiger partial charge in [-0.15, -0.1) is 10.2 Å². The van der Waals surface area contributed by atoms with E-state index in [4.69, 9.17) is 21.1 Å². The third-order valence-corrected chi connectivity index (χ3v) is 6.10. The Kier molecular flexibility index (Phi) is 8.88. The van der Waals surface area contributed by atoms with Crippen molar-refractivity contribution in [1.82, 2.24) is 14.8 Å². The van der Waals surface area contributed by atoms with Crippen LogP contribution in [0.1, 0.15) is 58.0 Å². The molecule has 0 radical (unpaired) electrons. The van der Waals surface area contributed by atoms with Crippen LogP contribution in [0.5, 0.6) is 11.5 Å². The number of ether oxygens (including phenoxy) is 2. The second-order valence-electron chi connectivity index (χ2n) is 8.48. The lowest BCUT2D eigenvalue weighted by Gasteiger charge is -2.18. The van der Waals surface area contributed by atoms with Gasteiger partial charge in [-0.1, -0.05) is 63.2 Å². The summed E-state index contributed by atoms with van der Waals surface area (Å²) in [6.45, 7) is 12.2. The Morgan fingerprint density at radius 1 is 0.906 bits per heavy atom. The highest BCUT2D eigenvalue weighted by Gasteiger charge is 2.20. The normalized spacial score (nSPS) is 12.4. The van der Waals surface area contributed by atoms with Crippen LogP contribution in [0.25, 0.3) is 0 Å². The number of benzene rings is 2. The van der Waals surface area contributed by atoms with E-state index in [2.05, 4.69) is 54.6 Å². The van der Waals surface area contributed by atoms with E-state index in [0.717, 1.165) is 34.8 Å². The van der Waals surface area contributed by atoms with Crippen molar-refractivity contribution in [3.8, 4) is 11.5 Å². The van der Waals surface area contributed by atoms with Gasteiger partial charge in [0.05, 0.1) is 6.61 Å². The average molecular weight is 474 g/mol. The van der Waals surface area contributed by atoms with Gasteiger partial charge in [-0.2, -0.15) is 0 Å². The summed E-state index contributed by atoms with van der Waals surface area (Å²) in [5, 5.41) is 10.5. The van der Waals surface area contributed by atoms with Crippen LogP contribution < -0.4 is 9.47 Å². The van der Waals surface area contributed by atoms with Crippen LogP contribution in [0.4, 0.5) is 0 Å². The number of rotatable bonds is 11. The minimum absolute atomic E-state index is 0.203. The Hall–Kier alpha value is -2.18. The van der Waals surface area contributed by atoms with Crippen molar-refractivity contribution in [3.05, 3.63) is 64.9 Å². The molecule has 172 valence electrons. The lowest BCUT2D eigenvalue weighted by Crippen LogP contribution is -2.15. The van der Waals surface area contributed by atoms with Gasteiger partial charge in [0.25, 0.3) is 0 Å². The number of thioether (sulfide) groups is 1. The fourth-order valence-corrected chi connectivity index (χ4v) is 4.15. The molecule has 1 atom stereocenters. The van der Waals surface area contributed by atoms with Crippen LogP contribution in [0.15, 0.2) is 53.7 Å². The molecule has 3 rings (SSSR count). The molecule has 0 bridgehead atoms. The molecule has 1 aromatic heterocycles. The lowest BCUT2D eigenvalue weighted by molar-refractivity contribution is 0.207. The van der Waals surface area contributed by atoms with Crippen LogP contribution in [0.2, 0.25) is 5.02 Å². The Bertz CT molecular complexity index is 972. The summed E-state index contributed by atoms with van der Waals surface area (Å²) < 4.78 is 14.2. The molecule has 0 fully saturated rings. The Balaban J connectivity index is 1.63. The maximum absolute atomic E-state index is 6.20. The smallest absolute Gasteiger partial charge is 0.191 e. The first-order valence-corrected chi connectivity index (χ1v) is 12.4. The molecule has 0 spiro atoms. The molecule has 2 aromatic carbocycles. The van der Waals surface area contributed by atoms with Crippen molar-refractivity contribution >= 4 is 23.4 Å². The monoisotopic (exact) mass is 473 g/mol. The summed E-state index contributed by atoms with van der Waals surface area (Å²) in [5.74, 6) is 4.22. The number of aromatic nitrogens is 3. The summed E-state index contributed by atoms with van der Waals surface area (Å²) >= 11 is 7.57. The van der Waals surface area contributed by atoms with Gasteiger partial charge >= 0.3 is 0 Å². The Labute approximate surface area is 200 Å². The number of hydrogen-bond donors (Lipinski definition) is 0. The minimum atomic E-state index is -0.203. The summed E-state index contributed by atoms with van der Waals surface area (Å²) in [5.41, 5.74) is 1.30. The first kappa shape index (κ1) is 24.5. The summed E-state index contributed by atoms with van der Waals surface area (Å²) in [6, 6.07) is 15.7. The van der Waals surface area contributed by atoms with Crippen molar-refractivity contribution in [1.29, 1.82) is 0 Å². The topological polar surface area (TPSA) is 49.2 Å². The second-order valence-corrected chi connectivity index (χ2v) is 9.98.